The van der Waals surface area contributed by atoms with Gasteiger partial charge in [0.25, 0.3) is 11.8 Å². The van der Waals surface area contributed by atoms with Crippen LogP contribution in [-0.2, 0) is 19.6 Å². The van der Waals surface area contributed by atoms with Gasteiger partial charge in [0.2, 0.25) is 0 Å². The maximum Gasteiger partial charge on any atom is 0.276 e. The van der Waals surface area contributed by atoms with Gasteiger partial charge in [0.1, 0.15) is 5.69 Å². The third-order valence-corrected chi connectivity index (χ3v) is 5.13. The van der Waals surface area contributed by atoms with Crippen molar-refractivity contribution < 1.29 is 9.32 Å². The Balaban J connectivity index is 1.37. The first-order chi connectivity index (χ1) is 15.7. The van der Waals surface area contributed by atoms with Crippen molar-refractivity contribution in [2.45, 2.75) is 26.6 Å². The zero-order valence-corrected chi connectivity index (χ0v) is 17.5. The smallest absolute Gasteiger partial charge is 0.276 e. The zero-order chi connectivity index (χ0) is 21.9. The van der Waals surface area contributed by atoms with Gasteiger partial charge in [-0.2, -0.15) is 10.1 Å². The molecule has 32 heavy (non-hydrogen) atoms. The monoisotopic (exact) mass is 427 g/mol. The van der Waals surface area contributed by atoms with Crippen LogP contribution in [0.2, 0.25) is 0 Å². The minimum atomic E-state index is -0.184. The molecule has 5 aromatic rings. The van der Waals surface area contributed by atoms with Crippen molar-refractivity contribution in [2.75, 3.05) is 0 Å². The van der Waals surface area contributed by atoms with E-state index in [4.69, 9.17) is 9.62 Å². The summed E-state index contributed by atoms with van der Waals surface area (Å²) in [5, 5.41) is 12.5. The number of carbonyl (C=O) groups excluding carboxylic acids is 1. The van der Waals surface area contributed by atoms with Crippen LogP contribution in [0.4, 0.5) is 0 Å². The summed E-state index contributed by atoms with van der Waals surface area (Å²) in [6.07, 6.45) is 5.42. The number of imidazole rings is 1. The highest BCUT2D eigenvalue weighted by Gasteiger charge is 2.19. The van der Waals surface area contributed by atoms with E-state index in [-0.39, 0.29) is 12.5 Å². The molecule has 0 bridgehead atoms. The first-order valence-corrected chi connectivity index (χ1v) is 10.3. The van der Waals surface area contributed by atoms with Gasteiger partial charge in [-0.3, -0.25) is 9.48 Å². The molecule has 0 fully saturated rings. The molecular formula is C23H21N7O2. The van der Waals surface area contributed by atoms with E-state index in [1.54, 1.807) is 18.6 Å². The summed E-state index contributed by atoms with van der Waals surface area (Å²) >= 11 is 0. The van der Waals surface area contributed by atoms with Crippen LogP contribution >= 0.6 is 0 Å². The van der Waals surface area contributed by atoms with Crippen molar-refractivity contribution in [3.63, 3.8) is 0 Å². The Labute approximate surface area is 183 Å². The average molecular weight is 427 g/mol. The standard InChI is InChI=1S/C23H21N7O2/c1-16-5-4-6-17(13-16)22(31)25-14-20-26-23(32-28-20)21-18-7-2-3-8-19(18)27-30(21)12-11-29-10-9-24-15-29/h2-10,13,15H,11-12,14H2,1H3,(H,25,31). The van der Waals surface area contributed by atoms with Crippen molar-refractivity contribution in [1.29, 1.82) is 0 Å². The highest BCUT2D eigenvalue weighted by Crippen LogP contribution is 2.27. The van der Waals surface area contributed by atoms with Crippen LogP contribution < -0.4 is 5.32 Å². The summed E-state index contributed by atoms with van der Waals surface area (Å²) in [5.74, 6) is 0.576. The number of hydrogen-bond acceptors (Lipinski definition) is 6. The number of aromatic nitrogens is 6. The molecule has 3 aromatic heterocycles. The molecule has 3 heterocycles. The van der Waals surface area contributed by atoms with Gasteiger partial charge in [0.15, 0.2) is 5.82 Å². The maximum atomic E-state index is 12.4. The normalized spacial score (nSPS) is 11.2. The molecule has 0 saturated carbocycles. The number of benzene rings is 2. The second-order valence-electron chi connectivity index (χ2n) is 7.46. The van der Waals surface area contributed by atoms with Gasteiger partial charge in [-0.15, -0.1) is 0 Å². The highest BCUT2D eigenvalue weighted by molar-refractivity contribution is 5.94. The predicted octanol–water partition coefficient (Wildman–Crippen LogP) is 3.22. The maximum absolute atomic E-state index is 12.4. The Kier molecular flexibility index (Phi) is 5.20. The molecule has 0 aliphatic rings. The SMILES string of the molecule is Cc1cccc(C(=O)NCc2noc(-c3c4ccccc4nn3CCn3ccnc3)n2)c1. The predicted molar refractivity (Wildman–Crippen MR) is 118 cm³/mol. The minimum Gasteiger partial charge on any atom is -0.345 e. The van der Waals surface area contributed by atoms with E-state index in [9.17, 15) is 4.79 Å². The second kappa shape index (κ2) is 8.46. The van der Waals surface area contributed by atoms with E-state index >= 15 is 0 Å². The van der Waals surface area contributed by atoms with Crippen LogP contribution in [0, 0.1) is 6.92 Å². The molecule has 0 aliphatic heterocycles. The number of nitrogens with one attached hydrogen (secondary N) is 1. The lowest BCUT2D eigenvalue weighted by molar-refractivity contribution is 0.0949. The molecule has 160 valence electrons. The molecule has 1 amide bonds. The van der Waals surface area contributed by atoms with Gasteiger partial charge in [-0.05, 0) is 25.1 Å². The summed E-state index contributed by atoms with van der Waals surface area (Å²) in [4.78, 5) is 21.0. The van der Waals surface area contributed by atoms with Gasteiger partial charge >= 0.3 is 0 Å². The quantitative estimate of drug-likeness (QED) is 0.428. The molecule has 1 N–H and O–H groups in total. The minimum absolute atomic E-state index is 0.164. The van der Waals surface area contributed by atoms with Crippen LogP contribution in [0.25, 0.3) is 22.5 Å². The van der Waals surface area contributed by atoms with E-state index in [1.807, 2.05) is 64.8 Å². The lowest BCUT2D eigenvalue weighted by Gasteiger charge is -2.05. The summed E-state index contributed by atoms with van der Waals surface area (Å²) in [6, 6.07) is 15.2. The first-order valence-electron chi connectivity index (χ1n) is 10.3. The largest absolute Gasteiger partial charge is 0.345 e. The summed E-state index contributed by atoms with van der Waals surface area (Å²) in [7, 11) is 0. The Morgan fingerprint density at radius 3 is 2.88 bits per heavy atom. The third-order valence-electron chi connectivity index (χ3n) is 5.13. The van der Waals surface area contributed by atoms with Crippen molar-refractivity contribution >= 4 is 16.8 Å². The van der Waals surface area contributed by atoms with E-state index in [0.717, 1.165) is 22.2 Å². The number of rotatable bonds is 7. The average Bonchev–Trinajstić information content (AvgIpc) is 3.55. The van der Waals surface area contributed by atoms with Gasteiger partial charge in [-0.25, -0.2) is 4.98 Å². The van der Waals surface area contributed by atoms with E-state index in [0.29, 0.717) is 30.4 Å². The summed E-state index contributed by atoms with van der Waals surface area (Å²) in [5.41, 5.74) is 3.22. The fourth-order valence-corrected chi connectivity index (χ4v) is 3.57. The molecule has 0 atom stereocenters. The Morgan fingerprint density at radius 1 is 1.12 bits per heavy atom. The Hall–Kier alpha value is -4.27. The van der Waals surface area contributed by atoms with Gasteiger partial charge in [0, 0.05) is 29.9 Å². The van der Waals surface area contributed by atoms with Crippen molar-refractivity contribution in [3.05, 3.63) is 84.2 Å². The van der Waals surface area contributed by atoms with Crippen LogP contribution in [0.15, 0.2) is 71.8 Å². The number of hydrogen-bond donors (Lipinski definition) is 1. The molecule has 9 nitrogen and oxygen atoms in total. The van der Waals surface area contributed by atoms with E-state index < -0.39 is 0 Å². The zero-order valence-electron chi connectivity index (χ0n) is 17.5. The molecule has 0 aliphatic carbocycles. The lowest BCUT2D eigenvalue weighted by Crippen LogP contribution is -2.23. The van der Waals surface area contributed by atoms with Crippen LogP contribution in [0.5, 0.6) is 0 Å². The van der Waals surface area contributed by atoms with Crippen LogP contribution in [0.1, 0.15) is 21.7 Å². The molecule has 0 spiro atoms. The topological polar surface area (TPSA) is 104 Å². The second-order valence-corrected chi connectivity index (χ2v) is 7.46. The first kappa shape index (κ1) is 19.7. The number of nitrogens with zero attached hydrogens (tertiary/aromatic N) is 6. The molecule has 2 aromatic carbocycles. The van der Waals surface area contributed by atoms with Crippen molar-refractivity contribution in [2.24, 2.45) is 0 Å². The Morgan fingerprint density at radius 2 is 2.03 bits per heavy atom. The van der Waals surface area contributed by atoms with Gasteiger partial charge < -0.3 is 14.4 Å². The van der Waals surface area contributed by atoms with Gasteiger partial charge in [-0.1, -0.05) is 41.1 Å². The fourth-order valence-electron chi connectivity index (χ4n) is 3.57. The van der Waals surface area contributed by atoms with Crippen molar-refractivity contribution in [1.82, 2.24) is 34.8 Å². The third kappa shape index (κ3) is 4.00. The number of carbonyl (C=O) groups is 1. The lowest BCUT2D eigenvalue weighted by atomic mass is 10.1. The molecule has 0 unspecified atom stereocenters. The van der Waals surface area contributed by atoms with Crippen molar-refractivity contribution in [3.8, 4) is 11.6 Å². The summed E-state index contributed by atoms with van der Waals surface area (Å²) in [6.45, 7) is 3.43. The van der Waals surface area contributed by atoms with Gasteiger partial charge in [0.05, 0.1) is 24.9 Å². The Bertz CT molecular complexity index is 1370. The van der Waals surface area contributed by atoms with E-state index in [2.05, 4.69) is 20.4 Å². The molecular weight excluding hydrogens is 406 g/mol. The summed E-state index contributed by atoms with van der Waals surface area (Å²) < 4.78 is 9.41. The highest BCUT2D eigenvalue weighted by atomic mass is 16.5. The number of aryl methyl sites for hydroxylation is 3. The van der Waals surface area contributed by atoms with Crippen LogP contribution in [0.3, 0.4) is 0 Å². The molecule has 9 heteroatoms. The molecule has 0 saturated heterocycles. The number of amides is 1. The molecule has 0 radical (unpaired) electrons. The molecule has 5 rings (SSSR count). The van der Waals surface area contributed by atoms with Crippen LogP contribution in [-0.4, -0.2) is 35.4 Å². The fraction of sp³-hybridized carbons (Fsp3) is 0.174. The number of fused-ring (bicyclic) bond motifs is 1. The van der Waals surface area contributed by atoms with E-state index in [1.165, 1.54) is 0 Å².